The first-order chi connectivity index (χ1) is 5.84. The predicted octanol–water partition coefficient (Wildman–Crippen LogP) is 2.44. The lowest BCUT2D eigenvalue weighted by molar-refractivity contribution is 1.01. The molecule has 0 radical (unpaired) electrons. The van der Waals surface area contributed by atoms with Crippen molar-refractivity contribution in [2.45, 2.75) is 37.1 Å². The summed E-state index contributed by atoms with van der Waals surface area (Å²) in [5.41, 5.74) is 5.81. The van der Waals surface area contributed by atoms with Gasteiger partial charge in [-0.2, -0.15) is 0 Å². The summed E-state index contributed by atoms with van der Waals surface area (Å²) in [5.74, 6) is 1.63. The summed E-state index contributed by atoms with van der Waals surface area (Å²) in [4.78, 5) is 3.13. The van der Waals surface area contributed by atoms with Gasteiger partial charge in [0, 0.05) is 21.7 Å². The van der Waals surface area contributed by atoms with E-state index >= 15 is 0 Å². The molecule has 2 aliphatic rings. The van der Waals surface area contributed by atoms with Crippen LogP contribution in [0.3, 0.4) is 0 Å². The Labute approximate surface area is 76.6 Å². The Morgan fingerprint density at radius 3 is 2.50 bits per heavy atom. The topological polar surface area (TPSA) is 26.0 Å². The molecule has 2 heteroatoms. The van der Waals surface area contributed by atoms with E-state index in [0.717, 1.165) is 5.92 Å². The molecule has 1 heterocycles. The Bertz CT molecular complexity index is 301. The zero-order valence-corrected chi connectivity index (χ0v) is 7.81. The van der Waals surface area contributed by atoms with E-state index in [9.17, 15) is 0 Å². The van der Waals surface area contributed by atoms with Crippen LogP contribution >= 0.6 is 11.3 Å². The van der Waals surface area contributed by atoms with Crippen molar-refractivity contribution in [2.24, 2.45) is 5.73 Å². The summed E-state index contributed by atoms with van der Waals surface area (Å²) in [5, 5.41) is 0. The highest BCUT2D eigenvalue weighted by molar-refractivity contribution is 7.12. The fourth-order valence-corrected chi connectivity index (χ4v) is 3.07. The Hall–Kier alpha value is -0.340. The second kappa shape index (κ2) is 2.33. The highest BCUT2D eigenvalue weighted by atomic mass is 32.1. The van der Waals surface area contributed by atoms with Gasteiger partial charge in [-0.15, -0.1) is 11.3 Å². The van der Waals surface area contributed by atoms with Gasteiger partial charge in [0.25, 0.3) is 0 Å². The van der Waals surface area contributed by atoms with E-state index in [-0.39, 0.29) is 0 Å². The van der Waals surface area contributed by atoms with Crippen molar-refractivity contribution < 1.29 is 0 Å². The molecule has 1 aromatic heterocycles. The third kappa shape index (κ3) is 1.10. The van der Waals surface area contributed by atoms with Crippen LogP contribution in [0.2, 0.25) is 0 Å². The smallest absolute Gasteiger partial charge is 0.0123 e. The van der Waals surface area contributed by atoms with Crippen LogP contribution in [0.1, 0.15) is 40.9 Å². The van der Waals surface area contributed by atoms with Gasteiger partial charge in [0.15, 0.2) is 0 Å². The molecule has 2 atom stereocenters. The van der Waals surface area contributed by atoms with Crippen LogP contribution < -0.4 is 5.73 Å². The highest BCUT2D eigenvalue weighted by Crippen LogP contribution is 2.48. The Kier molecular flexibility index (Phi) is 1.38. The molecule has 2 N–H and O–H groups in total. The quantitative estimate of drug-likeness (QED) is 0.741. The van der Waals surface area contributed by atoms with E-state index in [2.05, 4.69) is 12.1 Å². The van der Waals surface area contributed by atoms with Crippen molar-refractivity contribution in [3.05, 3.63) is 21.9 Å². The second-order valence-corrected chi connectivity index (χ2v) is 5.17. The van der Waals surface area contributed by atoms with Crippen molar-refractivity contribution in [2.75, 3.05) is 0 Å². The van der Waals surface area contributed by atoms with E-state index in [0.29, 0.717) is 12.0 Å². The minimum Gasteiger partial charge on any atom is -0.327 e. The Morgan fingerprint density at radius 1 is 1.25 bits per heavy atom. The van der Waals surface area contributed by atoms with Gasteiger partial charge in [-0.3, -0.25) is 0 Å². The molecule has 2 aliphatic carbocycles. The number of thiophene rings is 1. The molecular formula is C10H13NS. The molecule has 1 aromatic rings. The third-order valence-electron chi connectivity index (χ3n) is 2.83. The van der Waals surface area contributed by atoms with Gasteiger partial charge in [0.2, 0.25) is 0 Å². The van der Waals surface area contributed by atoms with Gasteiger partial charge < -0.3 is 5.73 Å². The fourth-order valence-electron chi connectivity index (χ4n) is 1.70. The molecule has 0 saturated heterocycles. The molecule has 64 valence electrons. The maximum Gasteiger partial charge on any atom is 0.0123 e. The number of nitrogens with two attached hydrogens (primary N) is 1. The van der Waals surface area contributed by atoms with Crippen molar-refractivity contribution in [1.29, 1.82) is 0 Å². The third-order valence-corrected chi connectivity index (χ3v) is 4.21. The van der Waals surface area contributed by atoms with Crippen LogP contribution in [0, 0.1) is 0 Å². The van der Waals surface area contributed by atoms with Crippen LogP contribution in [0.4, 0.5) is 0 Å². The Balaban J connectivity index is 1.83. The van der Waals surface area contributed by atoms with Crippen LogP contribution in [0.15, 0.2) is 12.1 Å². The van der Waals surface area contributed by atoms with Crippen molar-refractivity contribution >= 4 is 11.3 Å². The van der Waals surface area contributed by atoms with E-state index in [1.165, 1.54) is 24.1 Å². The van der Waals surface area contributed by atoms with E-state index in [1.54, 1.807) is 4.88 Å². The summed E-state index contributed by atoms with van der Waals surface area (Å²) >= 11 is 2.00. The molecule has 3 rings (SSSR count). The molecule has 1 nitrogen and oxygen atoms in total. The van der Waals surface area contributed by atoms with Gasteiger partial charge in [0.1, 0.15) is 0 Å². The molecule has 0 unspecified atom stereocenters. The standard InChI is InChI=1S/C10H13NS/c11-8-5-7(8)10-4-3-9(12-10)6-1-2-6/h3-4,6-8H,1-2,5,11H2/t7-,8-/m1/s1. The van der Waals surface area contributed by atoms with Gasteiger partial charge in [0.05, 0.1) is 0 Å². The first kappa shape index (κ1) is 7.10. The maximum atomic E-state index is 5.81. The molecule has 2 saturated carbocycles. The monoisotopic (exact) mass is 179 g/mol. The van der Waals surface area contributed by atoms with Crippen molar-refractivity contribution in [3.63, 3.8) is 0 Å². The zero-order chi connectivity index (χ0) is 8.13. The number of hydrogen-bond acceptors (Lipinski definition) is 2. The molecule has 0 amide bonds. The van der Waals surface area contributed by atoms with E-state index < -0.39 is 0 Å². The summed E-state index contributed by atoms with van der Waals surface area (Å²) in [7, 11) is 0. The number of hydrogen-bond donors (Lipinski definition) is 1. The largest absolute Gasteiger partial charge is 0.327 e. The zero-order valence-electron chi connectivity index (χ0n) is 6.99. The maximum absolute atomic E-state index is 5.81. The Morgan fingerprint density at radius 2 is 1.92 bits per heavy atom. The molecule has 0 aromatic carbocycles. The number of rotatable bonds is 2. The lowest BCUT2D eigenvalue weighted by Crippen LogP contribution is -1.99. The minimum absolute atomic E-state index is 0.468. The first-order valence-corrected chi connectivity index (χ1v) is 5.51. The fraction of sp³-hybridized carbons (Fsp3) is 0.600. The average Bonchev–Trinajstić information content (AvgIpc) is 2.96. The van der Waals surface area contributed by atoms with Crippen LogP contribution in [-0.4, -0.2) is 6.04 Å². The highest BCUT2D eigenvalue weighted by Gasteiger charge is 2.36. The van der Waals surface area contributed by atoms with Gasteiger partial charge in [-0.25, -0.2) is 0 Å². The van der Waals surface area contributed by atoms with Crippen LogP contribution in [0.25, 0.3) is 0 Å². The molecule has 12 heavy (non-hydrogen) atoms. The lowest BCUT2D eigenvalue weighted by atomic mass is 10.3. The summed E-state index contributed by atoms with van der Waals surface area (Å²) < 4.78 is 0. The average molecular weight is 179 g/mol. The van der Waals surface area contributed by atoms with Crippen LogP contribution in [-0.2, 0) is 0 Å². The molecule has 0 bridgehead atoms. The summed E-state index contributed by atoms with van der Waals surface area (Å²) in [6.45, 7) is 0. The normalized spacial score (nSPS) is 33.8. The predicted molar refractivity (Wildman–Crippen MR) is 51.6 cm³/mol. The SMILES string of the molecule is N[C@@H]1C[C@H]1c1ccc(C2CC2)s1. The second-order valence-electron chi connectivity index (χ2n) is 4.02. The summed E-state index contributed by atoms with van der Waals surface area (Å²) in [6.07, 6.45) is 4.04. The van der Waals surface area contributed by atoms with E-state index in [4.69, 9.17) is 5.73 Å². The first-order valence-electron chi connectivity index (χ1n) is 4.70. The van der Waals surface area contributed by atoms with Crippen LogP contribution in [0.5, 0.6) is 0 Å². The van der Waals surface area contributed by atoms with Gasteiger partial charge in [-0.05, 0) is 37.3 Å². The summed E-state index contributed by atoms with van der Waals surface area (Å²) in [6, 6.07) is 5.06. The molecule has 0 spiro atoms. The van der Waals surface area contributed by atoms with Gasteiger partial charge >= 0.3 is 0 Å². The molecule has 2 fully saturated rings. The van der Waals surface area contributed by atoms with Gasteiger partial charge in [-0.1, -0.05) is 0 Å². The van der Waals surface area contributed by atoms with Crippen molar-refractivity contribution in [3.8, 4) is 0 Å². The van der Waals surface area contributed by atoms with Crippen molar-refractivity contribution in [1.82, 2.24) is 0 Å². The molecule has 0 aliphatic heterocycles. The van der Waals surface area contributed by atoms with E-state index in [1.807, 2.05) is 11.3 Å². The lowest BCUT2D eigenvalue weighted by Gasteiger charge is -1.89. The molecular weight excluding hydrogens is 166 g/mol. The minimum atomic E-state index is 0.468.